The average molecular weight is 226 g/mol. The van der Waals surface area contributed by atoms with Crippen LogP contribution in [0.2, 0.25) is 0 Å². The van der Waals surface area contributed by atoms with Crippen molar-refractivity contribution in [3.63, 3.8) is 0 Å². The Bertz CT molecular complexity index is 630. The minimum Gasteiger partial charge on any atom is -0.306 e. The Balaban J connectivity index is 2.16. The van der Waals surface area contributed by atoms with E-state index in [2.05, 4.69) is 23.1 Å². The molecule has 0 unspecified atom stereocenters. The number of pyridine rings is 1. The average Bonchev–Trinajstić information content (AvgIpc) is 2.91. The van der Waals surface area contributed by atoms with E-state index in [0.717, 1.165) is 29.1 Å². The van der Waals surface area contributed by atoms with E-state index in [1.807, 2.05) is 46.7 Å². The third-order valence-electron chi connectivity index (χ3n) is 2.92. The maximum atomic E-state index is 4.59. The first kappa shape index (κ1) is 10.1. The highest BCUT2D eigenvalue weighted by Gasteiger charge is 2.09. The SMILES string of the molecule is CCc1cc(-c2cn3ccccc3n2)n(C)n1. The molecule has 3 aromatic heterocycles. The second-order valence-corrected chi connectivity index (χ2v) is 4.09. The summed E-state index contributed by atoms with van der Waals surface area (Å²) < 4.78 is 3.91. The molecular formula is C13H14N4. The van der Waals surface area contributed by atoms with Crippen LogP contribution in [0.15, 0.2) is 36.7 Å². The van der Waals surface area contributed by atoms with Gasteiger partial charge in [-0.05, 0) is 24.6 Å². The number of hydrogen-bond acceptors (Lipinski definition) is 2. The van der Waals surface area contributed by atoms with Crippen molar-refractivity contribution < 1.29 is 0 Å². The lowest BCUT2D eigenvalue weighted by Crippen LogP contribution is -1.94. The number of nitrogens with zero attached hydrogens (tertiary/aromatic N) is 4. The molecule has 0 fully saturated rings. The fourth-order valence-corrected chi connectivity index (χ4v) is 2.00. The molecule has 0 aliphatic carbocycles. The molecule has 0 bridgehead atoms. The molecule has 0 saturated heterocycles. The number of hydrogen-bond donors (Lipinski definition) is 0. The monoisotopic (exact) mass is 226 g/mol. The van der Waals surface area contributed by atoms with Crippen molar-refractivity contribution in [1.82, 2.24) is 19.2 Å². The van der Waals surface area contributed by atoms with Crippen molar-refractivity contribution in [3.05, 3.63) is 42.4 Å². The van der Waals surface area contributed by atoms with Crippen LogP contribution in [0.5, 0.6) is 0 Å². The first-order valence-corrected chi connectivity index (χ1v) is 5.75. The quantitative estimate of drug-likeness (QED) is 0.672. The van der Waals surface area contributed by atoms with Crippen molar-refractivity contribution in [2.45, 2.75) is 13.3 Å². The van der Waals surface area contributed by atoms with Crippen molar-refractivity contribution in [2.24, 2.45) is 7.05 Å². The van der Waals surface area contributed by atoms with Gasteiger partial charge in [0.25, 0.3) is 0 Å². The Hall–Kier alpha value is -2.10. The van der Waals surface area contributed by atoms with Gasteiger partial charge in [0, 0.05) is 19.4 Å². The minimum absolute atomic E-state index is 0.946. The Morgan fingerprint density at radius 3 is 2.88 bits per heavy atom. The van der Waals surface area contributed by atoms with Crippen molar-refractivity contribution in [3.8, 4) is 11.4 Å². The van der Waals surface area contributed by atoms with Gasteiger partial charge in [-0.1, -0.05) is 13.0 Å². The second-order valence-electron chi connectivity index (χ2n) is 4.09. The van der Waals surface area contributed by atoms with E-state index in [-0.39, 0.29) is 0 Å². The van der Waals surface area contributed by atoms with Crippen LogP contribution in [0, 0.1) is 0 Å². The maximum absolute atomic E-state index is 4.59. The molecule has 86 valence electrons. The normalized spacial score (nSPS) is 11.2. The highest BCUT2D eigenvalue weighted by molar-refractivity contribution is 5.59. The molecule has 0 aliphatic rings. The van der Waals surface area contributed by atoms with Crippen LogP contribution in [0.1, 0.15) is 12.6 Å². The zero-order valence-corrected chi connectivity index (χ0v) is 9.96. The summed E-state index contributed by atoms with van der Waals surface area (Å²) in [6.45, 7) is 2.11. The second kappa shape index (κ2) is 3.73. The summed E-state index contributed by atoms with van der Waals surface area (Å²) in [7, 11) is 1.96. The molecule has 3 heterocycles. The van der Waals surface area contributed by atoms with E-state index in [0.29, 0.717) is 0 Å². The van der Waals surface area contributed by atoms with Crippen LogP contribution >= 0.6 is 0 Å². The molecule has 0 spiro atoms. The molecular weight excluding hydrogens is 212 g/mol. The molecule has 0 aromatic carbocycles. The van der Waals surface area contributed by atoms with Gasteiger partial charge in [0.1, 0.15) is 11.3 Å². The van der Waals surface area contributed by atoms with Gasteiger partial charge in [-0.3, -0.25) is 4.68 Å². The van der Waals surface area contributed by atoms with Gasteiger partial charge in [-0.2, -0.15) is 5.10 Å². The zero-order chi connectivity index (χ0) is 11.8. The molecule has 0 saturated carbocycles. The summed E-state index contributed by atoms with van der Waals surface area (Å²) in [4.78, 5) is 4.59. The van der Waals surface area contributed by atoms with Gasteiger partial charge < -0.3 is 4.40 Å². The molecule has 4 nitrogen and oxygen atoms in total. The van der Waals surface area contributed by atoms with Crippen LogP contribution < -0.4 is 0 Å². The largest absolute Gasteiger partial charge is 0.306 e. The summed E-state index contributed by atoms with van der Waals surface area (Å²) in [6, 6.07) is 8.09. The van der Waals surface area contributed by atoms with E-state index in [1.54, 1.807) is 0 Å². The van der Waals surface area contributed by atoms with Crippen LogP contribution in [0.4, 0.5) is 0 Å². The molecule has 0 aliphatic heterocycles. The molecule has 3 rings (SSSR count). The van der Waals surface area contributed by atoms with Crippen molar-refractivity contribution >= 4 is 5.65 Å². The summed E-state index contributed by atoms with van der Waals surface area (Å²) >= 11 is 0. The molecule has 0 radical (unpaired) electrons. The topological polar surface area (TPSA) is 35.1 Å². The Kier molecular flexibility index (Phi) is 2.21. The summed E-state index contributed by atoms with van der Waals surface area (Å²) in [5.41, 5.74) is 4.08. The van der Waals surface area contributed by atoms with Crippen molar-refractivity contribution in [2.75, 3.05) is 0 Å². The lowest BCUT2D eigenvalue weighted by atomic mass is 10.2. The zero-order valence-electron chi connectivity index (χ0n) is 9.96. The lowest BCUT2D eigenvalue weighted by molar-refractivity contribution is 0.751. The highest BCUT2D eigenvalue weighted by Crippen LogP contribution is 2.19. The van der Waals surface area contributed by atoms with Gasteiger partial charge in [0.05, 0.1) is 11.4 Å². The molecule has 0 amide bonds. The molecule has 17 heavy (non-hydrogen) atoms. The predicted octanol–water partition coefficient (Wildman–Crippen LogP) is 2.30. The molecule has 3 aromatic rings. The lowest BCUT2D eigenvalue weighted by Gasteiger charge is -1.94. The van der Waals surface area contributed by atoms with Crippen molar-refractivity contribution in [1.29, 1.82) is 0 Å². The van der Waals surface area contributed by atoms with Gasteiger partial charge in [0.2, 0.25) is 0 Å². The van der Waals surface area contributed by atoms with Crippen LogP contribution in [-0.4, -0.2) is 19.2 Å². The van der Waals surface area contributed by atoms with Crippen LogP contribution in [-0.2, 0) is 13.5 Å². The summed E-state index contributed by atoms with van der Waals surface area (Å²) in [5, 5.41) is 4.44. The van der Waals surface area contributed by atoms with Crippen LogP contribution in [0.3, 0.4) is 0 Å². The van der Waals surface area contributed by atoms with Gasteiger partial charge in [0.15, 0.2) is 0 Å². The minimum atomic E-state index is 0.946. The maximum Gasteiger partial charge on any atom is 0.137 e. The van der Waals surface area contributed by atoms with E-state index in [4.69, 9.17) is 0 Å². The smallest absolute Gasteiger partial charge is 0.137 e. The molecule has 4 heteroatoms. The number of aryl methyl sites for hydroxylation is 2. The Morgan fingerprint density at radius 2 is 2.18 bits per heavy atom. The first-order valence-electron chi connectivity index (χ1n) is 5.75. The summed E-state index contributed by atoms with van der Waals surface area (Å²) in [6.07, 6.45) is 4.98. The van der Waals surface area contributed by atoms with Crippen LogP contribution in [0.25, 0.3) is 17.0 Å². The molecule has 0 N–H and O–H groups in total. The van der Waals surface area contributed by atoms with Gasteiger partial charge in [-0.15, -0.1) is 0 Å². The fraction of sp³-hybridized carbons (Fsp3) is 0.231. The first-order chi connectivity index (χ1) is 8.28. The number of imidazole rings is 1. The van der Waals surface area contributed by atoms with Gasteiger partial charge in [-0.25, -0.2) is 4.98 Å². The third-order valence-corrected chi connectivity index (χ3v) is 2.92. The Labute approximate surface area is 99.5 Å². The number of rotatable bonds is 2. The van der Waals surface area contributed by atoms with E-state index in [1.165, 1.54) is 0 Å². The molecule has 0 atom stereocenters. The van der Waals surface area contributed by atoms with Gasteiger partial charge >= 0.3 is 0 Å². The number of fused-ring (bicyclic) bond motifs is 1. The highest BCUT2D eigenvalue weighted by atomic mass is 15.3. The standard InChI is InChI=1S/C13H14N4/c1-3-10-8-12(16(2)15-10)11-9-17-7-5-4-6-13(17)14-11/h4-9H,3H2,1-2H3. The fourth-order valence-electron chi connectivity index (χ4n) is 2.00. The Morgan fingerprint density at radius 1 is 1.29 bits per heavy atom. The predicted molar refractivity (Wildman–Crippen MR) is 66.8 cm³/mol. The summed E-state index contributed by atoms with van der Waals surface area (Å²) in [5.74, 6) is 0. The van der Waals surface area contributed by atoms with E-state index >= 15 is 0 Å². The third kappa shape index (κ3) is 1.62. The van der Waals surface area contributed by atoms with E-state index in [9.17, 15) is 0 Å². The number of aromatic nitrogens is 4. The van der Waals surface area contributed by atoms with E-state index < -0.39 is 0 Å².